The molecule has 0 radical (unpaired) electrons. The summed E-state index contributed by atoms with van der Waals surface area (Å²) in [6.45, 7) is 8.27. The molecule has 2 atom stereocenters. The van der Waals surface area contributed by atoms with E-state index in [1.54, 1.807) is 17.0 Å². The first-order valence-electron chi connectivity index (χ1n) is 14.2. The van der Waals surface area contributed by atoms with Crippen LogP contribution in [-0.4, -0.2) is 50.0 Å². The van der Waals surface area contributed by atoms with Gasteiger partial charge < -0.3 is 10.2 Å². The van der Waals surface area contributed by atoms with E-state index in [1.807, 2.05) is 94.4 Å². The zero-order valence-corrected chi connectivity index (χ0v) is 25.7. The van der Waals surface area contributed by atoms with Gasteiger partial charge in [0.2, 0.25) is 21.8 Å². The van der Waals surface area contributed by atoms with Crippen molar-refractivity contribution in [3.63, 3.8) is 0 Å². The zero-order valence-electron chi connectivity index (χ0n) is 24.8. The van der Waals surface area contributed by atoms with Gasteiger partial charge in [-0.05, 0) is 56.4 Å². The minimum atomic E-state index is -3.55. The minimum absolute atomic E-state index is 0.0328. The monoisotopic (exact) mass is 577 g/mol. The van der Waals surface area contributed by atoms with Crippen LogP contribution in [0.1, 0.15) is 55.4 Å². The van der Waals surface area contributed by atoms with Crippen LogP contribution in [-0.2, 0) is 32.6 Å². The molecular formula is C33H43N3O4S. The maximum Gasteiger partial charge on any atom is 0.243 e. The van der Waals surface area contributed by atoms with E-state index >= 15 is 0 Å². The summed E-state index contributed by atoms with van der Waals surface area (Å²) in [5.41, 5.74) is 4.44. The van der Waals surface area contributed by atoms with Crippen LogP contribution in [0.3, 0.4) is 0 Å². The molecule has 0 unspecified atom stereocenters. The first-order chi connectivity index (χ1) is 19.5. The van der Waals surface area contributed by atoms with Crippen molar-refractivity contribution >= 4 is 27.5 Å². The van der Waals surface area contributed by atoms with E-state index < -0.39 is 16.1 Å². The van der Waals surface area contributed by atoms with Crippen LogP contribution in [0.4, 0.5) is 5.69 Å². The quantitative estimate of drug-likeness (QED) is 0.278. The predicted octanol–water partition coefficient (Wildman–Crippen LogP) is 5.40. The van der Waals surface area contributed by atoms with Crippen LogP contribution in [0.2, 0.25) is 0 Å². The molecule has 0 spiro atoms. The number of hydrogen-bond acceptors (Lipinski definition) is 4. The van der Waals surface area contributed by atoms with Crippen molar-refractivity contribution in [1.82, 2.24) is 10.2 Å². The molecule has 0 bridgehead atoms. The fourth-order valence-electron chi connectivity index (χ4n) is 4.71. The summed E-state index contributed by atoms with van der Waals surface area (Å²) in [6.07, 6.45) is 2.75. The smallest absolute Gasteiger partial charge is 0.243 e. The van der Waals surface area contributed by atoms with Crippen molar-refractivity contribution in [3.05, 3.63) is 101 Å². The first-order valence-corrected chi connectivity index (χ1v) is 16.1. The molecule has 2 amide bonds. The lowest BCUT2D eigenvalue weighted by Gasteiger charge is -2.33. The topological polar surface area (TPSA) is 86.8 Å². The molecule has 0 aromatic heterocycles. The van der Waals surface area contributed by atoms with Crippen molar-refractivity contribution in [3.8, 4) is 0 Å². The molecule has 3 aromatic rings. The third-order valence-corrected chi connectivity index (χ3v) is 8.46. The molecule has 0 fully saturated rings. The Labute approximate surface area is 245 Å². The van der Waals surface area contributed by atoms with Gasteiger partial charge in [0.25, 0.3) is 0 Å². The second kappa shape index (κ2) is 14.8. The Morgan fingerprint density at radius 3 is 2.12 bits per heavy atom. The van der Waals surface area contributed by atoms with Crippen molar-refractivity contribution in [2.75, 3.05) is 17.1 Å². The molecule has 0 heterocycles. The third-order valence-electron chi connectivity index (χ3n) is 7.28. The number of sulfonamides is 1. The Bertz CT molecular complexity index is 1390. The number of hydrogen-bond donors (Lipinski definition) is 1. The van der Waals surface area contributed by atoms with E-state index in [4.69, 9.17) is 0 Å². The molecular weight excluding hydrogens is 534 g/mol. The Kier molecular flexibility index (Phi) is 11.5. The van der Waals surface area contributed by atoms with Crippen LogP contribution in [0, 0.1) is 13.8 Å². The normalized spacial score (nSPS) is 12.8. The van der Waals surface area contributed by atoms with Crippen LogP contribution >= 0.6 is 0 Å². The first kappa shape index (κ1) is 31.9. The summed E-state index contributed by atoms with van der Waals surface area (Å²) in [5, 5.41) is 3.08. The lowest BCUT2D eigenvalue weighted by atomic mass is 10.0. The summed E-state index contributed by atoms with van der Waals surface area (Å²) in [6, 6.07) is 24.2. The molecule has 0 saturated heterocycles. The number of carbonyl (C=O) groups excluding carboxylic acids is 2. The highest BCUT2D eigenvalue weighted by Gasteiger charge is 2.31. The molecule has 1 N–H and O–H groups in total. The Balaban J connectivity index is 1.89. The van der Waals surface area contributed by atoms with Gasteiger partial charge in [-0.2, -0.15) is 0 Å². The lowest BCUT2D eigenvalue weighted by Crippen LogP contribution is -2.52. The van der Waals surface area contributed by atoms with E-state index in [1.165, 1.54) is 10.6 Å². The van der Waals surface area contributed by atoms with Gasteiger partial charge in [-0.1, -0.05) is 85.3 Å². The zero-order chi connectivity index (χ0) is 30.0. The second-order valence-electron chi connectivity index (χ2n) is 10.8. The fraction of sp³-hybridized carbons (Fsp3) is 0.394. The molecule has 0 saturated carbocycles. The number of aryl methyl sites for hydroxylation is 2. The number of nitrogens with zero attached hydrogens (tertiary/aromatic N) is 2. The number of anilines is 1. The molecule has 3 aromatic carbocycles. The van der Waals surface area contributed by atoms with Gasteiger partial charge in [-0.15, -0.1) is 0 Å². The second-order valence-corrected chi connectivity index (χ2v) is 12.7. The van der Waals surface area contributed by atoms with Crippen LogP contribution in [0.25, 0.3) is 0 Å². The largest absolute Gasteiger partial charge is 0.352 e. The Hall–Kier alpha value is -3.65. The third kappa shape index (κ3) is 9.46. The molecule has 0 aliphatic rings. The lowest BCUT2D eigenvalue weighted by molar-refractivity contribution is -0.141. The van der Waals surface area contributed by atoms with Crippen molar-refractivity contribution < 1.29 is 18.0 Å². The summed E-state index contributed by atoms with van der Waals surface area (Å²) >= 11 is 0. The minimum Gasteiger partial charge on any atom is -0.352 e. The molecule has 3 rings (SSSR count). The van der Waals surface area contributed by atoms with E-state index in [0.29, 0.717) is 18.5 Å². The Morgan fingerprint density at radius 2 is 1.51 bits per heavy atom. The van der Waals surface area contributed by atoms with E-state index in [-0.39, 0.29) is 37.4 Å². The van der Waals surface area contributed by atoms with Gasteiger partial charge in [0, 0.05) is 32.0 Å². The summed E-state index contributed by atoms with van der Waals surface area (Å²) < 4.78 is 26.7. The standard InChI is InChI=1S/C33H43N3O4S/c1-6-27(4)34-33(38)31(23-28-14-8-7-9-15-28)35(24-29-20-18-25(2)19-21-29)32(37)17-12-22-36(41(5,39)40)30-16-11-10-13-26(30)3/h7-11,13-16,18-21,27,31H,6,12,17,22-24H2,1-5H3,(H,34,38)/t27-,31-/m1/s1. The number of amides is 2. The van der Waals surface area contributed by atoms with Crippen molar-refractivity contribution in [1.29, 1.82) is 0 Å². The van der Waals surface area contributed by atoms with Gasteiger partial charge in [-0.25, -0.2) is 8.42 Å². The van der Waals surface area contributed by atoms with Crippen LogP contribution < -0.4 is 9.62 Å². The highest BCUT2D eigenvalue weighted by molar-refractivity contribution is 7.92. The molecule has 220 valence electrons. The van der Waals surface area contributed by atoms with Gasteiger partial charge in [0.05, 0.1) is 11.9 Å². The van der Waals surface area contributed by atoms with Gasteiger partial charge >= 0.3 is 0 Å². The van der Waals surface area contributed by atoms with E-state index in [9.17, 15) is 18.0 Å². The van der Waals surface area contributed by atoms with Gasteiger partial charge in [0.15, 0.2) is 0 Å². The van der Waals surface area contributed by atoms with Gasteiger partial charge in [0.1, 0.15) is 6.04 Å². The number of carbonyl (C=O) groups is 2. The van der Waals surface area contributed by atoms with E-state index in [2.05, 4.69) is 5.32 Å². The van der Waals surface area contributed by atoms with Crippen molar-refractivity contribution in [2.45, 2.75) is 72.0 Å². The summed E-state index contributed by atoms with van der Waals surface area (Å²) in [4.78, 5) is 29.2. The number of benzene rings is 3. The van der Waals surface area contributed by atoms with Crippen LogP contribution in [0.15, 0.2) is 78.9 Å². The highest BCUT2D eigenvalue weighted by atomic mass is 32.2. The molecule has 0 aliphatic carbocycles. The highest BCUT2D eigenvalue weighted by Crippen LogP contribution is 2.23. The fourth-order valence-corrected chi connectivity index (χ4v) is 5.73. The summed E-state index contributed by atoms with van der Waals surface area (Å²) in [7, 11) is -3.55. The number of rotatable bonds is 14. The molecule has 0 aliphatic heterocycles. The molecule has 7 nitrogen and oxygen atoms in total. The number of nitrogens with one attached hydrogen (secondary N) is 1. The van der Waals surface area contributed by atoms with Gasteiger partial charge in [-0.3, -0.25) is 13.9 Å². The van der Waals surface area contributed by atoms with E-state index in [0.717, 1.165) is 28.7 Å². The van der Waals surface area contributed by atoms with Crippen LogP contribution in [0.5, 0.6) is 0 Å². The maximum atomic E-state index is 13.9. The average molecular weight is 578 g/mol. The molecule has 8 heteroatoms. The maximum absolute atomic E-state index is 13.9. The average Bonchev–Trinajstić information content (AvgIpc) is 2.94. The Morgan fingerprint density at radius 1 is 0.878 bits per heavy atom. The van der Waals surface area contributed by atoms with Crippen molar-refractivity contribution in [2.24, 2.45) is 0 Å². The molecule has 41 heavy (non-hydrogen) atoms. The SMILES string of the molecule is CC[C@@H](C)NC(=O)[C@@H](Cc1ccccc1)N(Cc1ccc(C)cc1)C(=O)CCCN(c1ccccc1C)S(C)(=O)=O. The summed E-state index contributed by atoms with van der Waals surface area (Å²) in [5.74, 6) is -0.384. The number of para-hydroxylation sites is 1. The predicted molar refractivity (Wildman–Crippen MR) is 166 cm³/mol.